The third-order valence-electron chi connectivity index (χ3n) is 4.34. The Morgan fingerprint density at radius 1 is 1.35 bits per heavy atom. The Labute approximate surface area is 150 Å². The van der Waals surface area contributed by atoms with Crippen LogP contribution in [0.15, 0.2) is 36.5 Å². The second-order valence-corrected chi connectivity index (χ2v) is 6.44. The van der Waals surface area contributed by atoms with E-state index in [1.807, 2.05) is 30.0 Å². The van der Waals surface area contributed by atoms with E-state index >= 15 is 0 Å². The molecule has 1 aliphatic heterocycles. The van der Waals surface area contributed by atoms with Gasteiger partial charge in [-0.3, -0.25) is 9.78 Å². The lowest BCUT2D eigenvalue weighted by Gasteiger charge is -2.25. The summed E-state index contributed by atoms with van der Waals surface area (Å²) in [6.07, 6.45) is 3.88. The van der Waals surface area contributed by atoms with Crippen molar-refractivity contribution in [1.82, 2.24) is 15.3 Å². The van der Waals surface area contributed by atoms with Gasteiger partial charge in [-0.25, -0.2) is 9.78 Å². The molecular formula is C18H20N4O4. The molecule has 8 nitrogen and oxygen atoms in total. The Balaban J connectivity index is 1.71. The van der Waals surface area contributed by atoms with E-state index in [0.717, 1.165) is 34.6 Å². The average Bonchev–Trinajstić information content (AvgIpc) is 3.00. The molecule has 0 aliphatic carbocycles. The van der Waals surface area contributed by atoms with Crippen molar-refractivity contribution in [3.05, 3.63) is 42.2 Å². The normalized spacial score (nSPS) is 20.0. The fraction of sp³-hybridized carbons (Fsp3) is 0.333. The second kappa shape index (κ2) is 7.09. The highest BCUT2D eigenvalue weighted by molar-refractivity contribution is 5.94. The molecule has 1 aliphatic rings. The SMILES string of the molecule is Cc1ccc2nccc(N3CCC(O)(CNC(=O)C=CC(=O)O)C3)c2n1. The van der Waals surface area contributed by atoms with Crippen LogP contribution >= 0.6 is 0 Å². The maximum atomic E-state index is 11.6. The number of aliphatic hydroxyl groups is 1. The van der Waals surface area contributed by atoms with E-state index in [4.69, 9.17) is 5.11 Å². The lowest BCUT2D eigenvalue weighted by Crippen LogP contribution is -2.44. The van der Waals surface area contributed by atoms with Crippen LogP contribution in [0.5, 0.6) is 0 Å². The van der Waals surface area contributed by atoms with Gasteiger partial charge in [0.2, 0.25) is 5.91 Å². The van der Waals surface area contributed by atoms with Gasteiger partial charge in [-0.1, -0.05) is 0 Å². The number of carbonyl (C=O) groups excluding carboxylic acids is 1. The first-order chi connectivity index (χ1) is 12.4. The van der Waals surface area contributed by atoms with Gasteiger partial charge in [-0.05, 0) is 31.5 Å². The van der Waals surface area contributed by atoms with Gasteiger partial charge >= 0.3 is 5.97 Å². The van der Waals surface area contributed by atoms with E-state index in [2.05, 4.69) is 15.3 Å². The molecule has 2 aromatic rings. The molecule has 0 aromatic carbocycles. The van der Waals surface area contributed by atoms with E-state index in [0.29, 0.717) is 19.5 Å². The Hall–Kier alpha value is -3.00. The van der Waals surface area contributed by atoms with Crippen LogP contribution in [0.3, 0.4) is 0 Å². The van der Waals surface area contributed by atoms with E-state index in [-0.39, 0.29) is 6.54 Å². The first-order valence-corrected chi connectivity index (χ1v) is 8.25. The summed E-state index contributed by atoms with van der Waals surface area (Å²) in [5.41, 5.74) is 2.26. The molecule has 1 saturated heterocycles. The molecule has 3 rings (SSSR count). The van der Waals surface area contributed by atoms with Crippen LogP contribution < -0.4 is 10.2 Å². The van der Waals surface area contributed by atoms with Gasteiger partial charge in [0, 0.05) is 43.7 Å². The number of hydrogen-bond acceptors (Lipinski definition) is 6. The van der Waals surface area contributed by atoms with Gasteiger partial charge < -0.3 is 20.4 Å². The highest BCUT2D eigenvalue weighted by atomic mass is 16.4. The fourth-order valence-electron chi connectivity index (χ4n) is 3.03. The molecule has 1 unspecified atom stereocenters. The zero-order chi connectivity index (χ0) is 18.7. The molecule has 3 heterocycles. The number of amides is 1. The molecule has 8 heteroatoms. The van der Waals surface area contributed by atoms with Crippen molar-refractivity contribution < 1.29 is 19.8 Å². The molecule has 1 fully saturated rings. The van der Waals surface area contributed by atoms with Gasteiger partial charge in [0.1, 0.15) is 11.1 Å². The molecule has 0 saturated carbocycles. The van der Waals surface area contributed by atoms with Crippen LogP contribution in [-0.2, 0) is 9.59 Å². The number of aryl methyl sites for hydroxylation is 1. The summed E-state index contributed by atoms with van der Waals surface area (Å²) < 4.78 is 0. The predicted molar refractivity (Wildman–Crippen MR) is 95.8 cm³/mol. The maximum absolute atomic E-state index is 11.6. The van der Waals surface area contributed by atoms with Crippen LogP contribution in [-0.4, -0.2) is 57.3 Å². The standard InChI is InChI=1S/C18H20N4O4/c1-12-2-3-13-17(21-12)14(6-8-19-13)22-9-7-18(26,11-22)10-20-15(23)4-5-16(24)25/h2-6,8,26H,7,9-11H2,1H3,(H,20,23)(H,24,25). The second-order valence-electron chi connectivity index (χ2n) is 6.44. The summed E-state index contributed by atoms with van der Waals surface area (Å²) in [6.45, 7) is 2.91. The first-order valence-electron chi connectivity index (χ1n) is 8.25. The van der Waals surface area contributed by atoms with Gasteiger partial charge in [-0.15, -0.1) is 0 Å². The zero-order valence-electron chi connectivity index (χ0n) is 14.3. The lowest BCUT2D eigenvalue weighted by molar-refractivity contribution is -0.131. The Morgan fingerprint density at radius 2 is 2.15 bits per heavy atom. The van der Waals surface area contributed by atoms with E-state index in [1.54, 1.807) is 6.20 Å². The molecule has 1 amide bonds. The number of carboxylic acid groups (broad SMARTS) is 1. The van der Waals surface area contributed by atoms with E-state index in [1.165, 1.54) is 0 Å². The first kappa shape index (κ1) is 17.8. The molecule has 2 aromatic heterocycles. The monoisotopic (exact) mass is 356 g/mol. The average molecular weight is 356 g/mol. The van der Waals surface area contributed by atoms with E-state index < -0.39 is 17.5 Å². The number of rotatable bonds is 5. The number of anilines is 1. The Bertz CT molecular complexity index is 883. The highest BCUT2D eigenvalue weighted by Crippen LogP contribution is 2.30. The number of nitrogens with one attached hydrogen (secondary N) is 1. The number of nitrogens with zero attached hydrogens (tertiary/aromatic N) is 3. The van der Waals surface area contributed by atoms with Crippen molar-refractivity contribution in [3.8, 4) is 0 Å². The lowest BCUT2D eigenvalue weighted by atomic mass is 10.0. The maximum Gasteiger partial charge on any atom is 0.328 e. The number of hydrogen-bond donors (Lipinski definition) is 3. The van der Waals surface area contributed by atoms with E-state index in [9.17, 15) is 14.7 Å². The largest absolute Gasteiger partial charge is 0.478 e. The molecular weight excluding hydrogens is 336 g/mol. The molecule has 0 radical (unpaired) electrons. The summed E-state index contributed by atoms with van der Waals surface area (Å²) in [6, 6.07) is 5.69. The topological polar surface area (TPSA) is 116 Å². The number of aromatic nitrogens is 2. The molecule has 1 atom stereocenters. The molecule has 136 valence electrons. The summed E-state index contributed by atoms with van der Waals surface area (Å²) in [7, 11) is 0. The van der Waals surface area contributed by atoms with Crippen LogP contribution in [0, 0.1) is 6.92 Å². The van der Waals surface area contributed by atoms with Gasteiger partial charge in [0.25, 0.3) is 0 Å². The third-order valence-corrected chi connectivity index (χ3v) is 4.34. The molecule has 26 heavy (non-hydrogen) atoms. The quantitative estimate of drug-likeness (QED) is 0.673. The highest BCUT2D eigenvalue weighted by Gasteiger charge is 2.37. The fourth-order valence-corrected chi connectivity index (χ4v) is 3.03. The van der Waals surface area contributed by atoms with Gasteiger partial charge in [0.15, 0.2) is 0 Å². The number of carboxylic acids is 1. The third kappa shape index (κ3) is 3.97. The van der Waals surface area contributed by atoms with Gasteiger partial charge in [-0.2, -0.15) is 0 Å². The summed E-state index contributed by atoms with van der Waals surface area (Å²) >= 11 is 0. The molecule has 3 N–H and O–H groups in total. The van der Waals surface area contributed by atoms with Crippen molar-refractivity contribution in [2.75, 3.05) is 24.5 Å². The number of aliphatic carboxylic acids is 1. The van der Waals surface area contributed by atoms with Crippen molar-refractivity contribution >= 4 is 28.6 Å². The van der Waals surface area contributed by atoms with Crippen molar-refractivity contribution in [2.24, 2.45) is 0 Å². The van der Waals surface area contributed by atoms with Crippen molar-refractivity contribution in [3.63, 3.8) is 0 Å². The summed E-state index contributed by atoms with van der Waals surface area (Å²) in [5.74, 6) is -1.75. The number of pyridine rings is 2. The number of carbonyl (C=O) groups is 2. The molecule has 0 bridgehead atoms. The van der Waals surface area contributed by atoms with Gasteiger partial charge in [0.05, 0.1) is 11.2 Å². The smallest absolute Gasteiger partial charge is 0.328 e. The minimum atomic E-state index is -1.20. The minimum absolute atomic E-state index is 0.0434. The minimum Gasteiger partial charge on any atom is -0.478 e. The molecule has 0 spiro atoms. The Morgan fingerprint density at radius 3 is 2.92 bits per heavy atom. The van der Waals surface area contributed by atoms with Crippen LogP contribution in [0.4, 0.5) is 5.69 Å². The predicted octanol–water partition coefficient (Wildman–Crippen LogP) is 0.636. The summed E-state index contributed by atoms with van der Waals surface area (Å²) in [4.78, 5) is 32.9. The number of fused-ring (bicyclic) bond motifs is 1. The van der Waals surface area contributed by atoms with Crippen molar-refractivity contribution in [2.45, 2.75) is 18.9 Å². The Kier molecular flexibility index (Phi) is 4.85. The summed E-state index contributed by atoms with van der Waals surface area (Å²) in [5, 5.41) is 21.8. The number of β-amino-alcohol motifs (C(OH)–C–C–N with tert-alkyl or cyclic N) is 1. The van der Waals surface area contributed by atoms with Crippen LogP contribution in [0.25, 0.3) is 11.0 Å². The van der Waals surface area contributed by atoms with Crippen LogP contribution in [0.2, 0.25) is 0 Å². The zero-order valence-corrected chi connectivity index (χ0v) is 14.3. The van der Waals surface area contributed by atoms with Crippen molar-refractivity contribution in [1.29, 1.82) is 0 Å². The van der Waals surface area contributed by atoms with Crippen LogP contribution in [0.1, 0.15) is 12.1 Å².